The summed E-state index contributed by atoms with van der Waals surface area (Å²) in [6.07, 6.45) is 5.99. The lowest BCUT2D eigenvalue weighted by atomic mass is 9.95. The average Bonchev–Trinajstić information content (AvgIpc) is 3.31. The van der Waals surface area contributed by atoms with Gasteiger partial charge in [0.2, 0.25) is 11.8 Å². The van der Waals surface area contributed by atoms with Crippen LogP contribution >= 0.6 is 11.8 Å². The summed E-state index contributed by atoms with van der Waals surface area (Å²) in [6.45, 7) is 2.24. The van der Waals surface area contributed by atoms with Gasteiger partial charge in [0.1, 0.15) is 17.6 Å². The van der Waals surface area contributed by atoms with E-state index in [1.54, 1.807) is 7.11 Å². The molecule has 2 aromatic rings. The lowest BCUT2D eigenvalue weighted by molar-refractivity contribution is -0.128. The zero-order valence-corrected chi connectivity index (χ0v) is 23.7. The first-order valence-electron chi connectivity index (χ1n) is 13.9. The van der Waals surface area contributed by atoms with Crippen molar-refractivity contribution in [2.75, 3.05) is 7.11 Å². The fraction of sp³-hybridized carbons (Fsp3) is 0.433. The van der Waals surface area contributed by atoms with Crippen LogP contribution in [0.2, 0.25) is 0 Å². The van der Waals surface area contributed by atoms with Crippen LogP contribution in [0, 0.1) is 0 Å². The van der Waals surface area contributed by atoms with Gasteiger partial charge in [-0.05, 0) is 37.5 Å². The Kier molecular flexibility index (Phi) is 8.84. The molecule has 2 aliphatic heterocycles. The number of carbonyl (C=O) groups excluding carboxylic acids is 3. The predicted octanol–water partition coefficient (Wildman–Crippen LogP) is 4.32. The molecule has 5 rings (SSSR count). The zero-order valence-electron chi connectivity index (χ0n) is 22.9. The van der Waals surface area contributed by atoms with E-state index in [1.807, 2.05) is 55.5 Å². The number of nitrogens with one attached hydrogen (secondary N) is 2. The second-order valence-corrected chi connectivity index (χ2v) is 11.4. The summed E-state index contributed by atoms with van der Waals surface area (Å²) in [7, 11) is 1.59. The highest BCUT2D eigenvalue weighted by atomic mass is 32.2. The number of thioether (sulfide) groups is 1. The van der Waals surface area contributed by atoms with Gasteiger partial charge in [-0.3, -0.25) is 19.4 Å². The van der Waals surface area contributed by atoms with Gasteiger partial charge in [-0.2, -0.15) is 0 Å². The van der Waals surface area contributed by atoms with Gasteiger partial charge in [0.25, 0.3) is 5.91 Å². The summed E-state index contributed by atoms with van der Waals surface area (Å²) in [5.41, 5.74) is 2.27. The Morgan fingerprint density at radius 1 is 1.10 bits per heavy atom. The first-order valence-corrected chi connectivity index (χ1v) is 14.8. The Bertz CT molecular complexity index is 1340. The van der Waals surface area contributed by atoms with Crippen molar-refractivity contribution in [3.05, 3.63) is 59.7 Å². The van der Waals surface area contributed by atoms with E-state index in [4.69, 9.17) is 14.7 Å². The molecular formula is C30H35N5O4S. The molecule has 10 heteroatoms. The largest absolute Gasteiger partial charge is 0.496 e. The lowest BCUT2D eigenvalue weighted by Crippen LogP contribution is -2.45. The maximum atomic E-state index is 13.6. The summed E-state index contributed by atoms with van der Waals surface area (Å²) in [4.78, 5) is 50.7. The number of aliphatic imine (C=N–C) groups is 2. The first kappa shape index (κ1) is 27.9. The van der Waals surface area contributed by atoms with E-state index in [2.05, 4.69) is 10.6 Å². The standard InChI is InChI=1S/C30H35N5O4S/c1-3-25(28(37)32-20-12-5-4-6-13-20)40-30-34-22-15-9-8-14-21(22)27-33-23(29(38)35(27)30)17-26(36)31-18-19-11-7-10-16-24(19)39-2/h7-11,14-16,20,23,25H,3-6,12-13,17-18H2,1-2H3,(H,31,36)(H,32,37)/t23-,25+/m1/s1. The van der Waals surface area contributed by atoms with Gasteiger partial charge in [-0.15, -0.1) is 0 Å². The van der Waals surface area contributed by atoms with E-state index in [0.717, 1.165) is 36.8 Å². The molecular weight excluding hydrogens is 526 g/mol. The summed E-state index contributed by atoms with van der Waals surface area (Å²) in [5.74, 6) is 0.531. The molecule has 210 valence electrons. The van der Waals surface area contributed by atoms with Crippen LogP contribution in [0.3, 0.4) is 0 Å². The van der Waals surface area contributed by atoms with Crippen LogP contribution in [0.5, 0.6) is 5.75 Å². The Morgan fingerprint density at radius 2 is 1.85 bits per heavy atom. The molecule has 3 amide bonds. The number of ether oxygens (including phenoxy) is 1. The van der Waals surface area contributed by atoms with Gasteiger partial charge < -0.3 is 15.4 Å². The Labute approximate surface area is 238 Å². The molecule has 0 saturated heterocycles. The molecule has 0 aromatic heterocycles. The molecule has 2 aromatic carbocycles. The van der Waals surface area contributed by atoms with Crippen molar-refractivity contribution in [1.29, 1.82) is 0 Å². The van der Waals surface area contributed by atoms with E-state index in [1.165, 1.54) is 23.1 Å². The number of para-hydroxylation sites is 2. The lowest BCUT2D eigenvalue weighted by Gasteiger charge is -2.29. The Balaban J connectivity index is 1.30. The summed E-state index contributed by atoms with van der Waals surface area (Å²) >= 11 is 1.29. The van der Waals surface area contributed by atoms with Crippen molar-refractivity contribution in [2.24, 2.45) is 9.98 Å². The number of nitrogens with zero attached hydrogens (tertiary/aromatic N) is 3. The molecule has 2 N–H and O–H groups in total. The second kappa shape index (κ2) is 12.7. The number of carbonyl (C=O) groups is 3. The van der Waals surface area contributed by atoms with Crippen LogP contribution in [-0.4, -0.2) is 58.1 Å². The minimum Gasteiger partial charge on any atom is -0.496 e. The fourth-order valence-corrected chi connectivity index (χ4v) is 6.32. The molecule has 0 unspecified atom stereocenters. The van der Waals surface area contributed by atoms with E-state index in [-0.39, 0.29) is 36.7 Å². The number of hydrogen-bond acceptors (Lipinski definition) is 7. The smallest absolute Gasteiger partial charge is 0.259 e. The van der Waals surface area contributed by atoms with E-state index >= 15 is 0 Å². The molecule has 40 heavy (non-hydrogen) atoms. The van der Waals surface area contributed by atoms with Crippen molar-refractivity contribution in [2.45, 2.75) is 75.7 Å². The maximum absolute atomic E-state index is 13.6. The van der Waals surface area contributed by atoms with Gasteiger partial charge in [-0.25, -0.2) is 9.89 Å². The molecule has 0 spiro atoms. The third-order valence-corrected chi connectivity index (χ3v) is 8.77. The van der Waals surface area contributed by atoms with Gasteiger partial charge >= 0.3 is 0 Å². The average molecular weight is 562 g/mol. The third-order valence-electron chi connectivity index (χ3n) is 7.46. The van der Waals surface area contributed by atoms with Crippen LogP contribution < -0.4 is 15.4 Å². The molecule has 2 heterocycles. The minimum absolute atomic E-state index is 0.0293. The van der Waals surface area contributed by atoms with Crippen LogP contribution in [-0.2, 0) is 20.9 Å². The minimum atomic E-state index is -0.874. The monoisotopic (exact) mass is 561 g/mol. The molecule has 0 bridgehead atoms. The molecule has 1 saturated carbocycles. The van der Waals surface area contributed by atoms with Crippen molar-refractivity contribution in [1.82, 2.24) is 15.5 Å². The van der Waals surface area contributed by atoms with Crippen molar-refractivity contribution < 1.29 is 19.1 Å². The summed E-state index contributed by atoms with van der Waals surface area (Å²) < 4.78 is 5.36. The molecule has 0 radical (unpaired) electrons. The number of rotatable bonds is 9. The number of benzene rings is 2. The molecule has 9 nitrogen and oxygen atoms in total. The highest BCUT2D eigenvalue weighted by Gasteiger charge is 2.43. The van der Waals surface area contributed by atoms with E-state index in [0.29, 0.717) is 28.9 Å². The predicted molar refractivity (Wildman–Crippen MR) is 157 cm³/mol. The molecule has 1 fully saturated rings. The zero-order chi connectivity index (χ0) is 28.1. The SMILES string of the molecule is CC[C@H](SC1=Nc2ccccc2C2=N[C@H](CC(=O)NCc3ccccc3OC)C(=O)N12)C(=O)NC1CCCCC1. The molecule has 2 atom stereocenters. The number of amidine groups is 2. The van der Waals surface area contributed by atoms with Crippen LogP contribution in [0.15, 0.2) is 58.5 Å². The third kappa shape index (κ3) is 6.06. The van der Waals surface area contributed by atoms with Crippen LogP contribution in [0.1, 0.15) is 63.0 Å². The summed E-state index contributed by atoms with van der Waals surface area (Å²) in [6, 6.07) is 14.3. The normalized spacial score (nSPS) is 19.2. The van der Waals surface area contributed by atoms with Gasteiger partial charge in [-0.1, -0.05) is 68.3 Å². The highest BCUT2D eigenvalue weighted by molar-refractivity contribution is 8.15. The van der Waals surface area contributed by atoms with Crippen molar-refractivity contribution >= 4 is 46.2 Å². The summed E-state index contributed by atoms with van der Waals surface area (Å²) in [5, 5.41) is 6.11. The molecule has 3 aliphatic rings. The van der Waals surface area contributed by atoms with Gasteiger partial charge in [0.05, 0.1) is 24.5 Å². The van der Waals surface area contributed by atoms with Crippen molar-refractivity contribution in [3.8, 4) is 5.75 Å². The molecule has 1 aliphatic carbocycles. The number of amides is 3. The van der Waals surface area contributed by atoms with Crippen LogP contribution in [0.25, 0.3) is 0 Å². The fourth-order valence-electron chi connectivity index (χ4n) is 5.30. The van der Waals surface area contributed by atoms with Gasteiger partial charge in [0.15, 0.2) is 5.17 Å². The number of hydrogen-bond donors (Lipinski definition) is 2. The second-order valence-electron chi connectivity index (χ2n) is 10.2. The number of fused-ring (bicyclic) bond motifs is 3. The van der Waals surface area contributed by atoms with E-state index in [9.17, 15) is 14.4 Å². The van der Waals surface area contributed by atoms with Crippen molar-refractivity contribution in [3.63, 3.8) is 0 Å². The first-order chi connectivity index (χ1) is 19.5. The number of methoxy groups -OCH3 is 1. The quantitative estimate of drug-likeness (QED) is 0.474. The van der Waals surface area contributed by atoms with Crippen LogP contribution in [0.4, 0.5) is 5.69 Å². The van der Waals surface area contributed by atoms with Gasteiger partial charge in [0, 0.05) is 23.7 Å². The van der Waals surface area contributed by atoms with E-state index < -0.39 is 11.3 Å². The topological polar surface area (TPSA) is 112 Å². The Hall–Kier alpha value is -3.66. The maximum Gasteiger partial charge on any atom is 0.259 e. The Morgan fingerprint density at radius 3 is 2.62 bits per heavy atom. The highest BCUT2D eigenvalue weighted by Crippen LogP contribution is 2.36.